The van der Waals surface area contributed by atoms with E-state index >= 15 is 0 Å². The van der Waals surface area contributed by atoms with Crippen molar-refractivity contribution < 1.29 is 9.53 Å². The highest BCUT2D eigenvalue weighted by Gasteiger charge is 2.32. The van der Waals surface area contributed by atoms with Crippen molar-refractivity contribution in [3.8, 4) is 0 Å². The number of ether oxygens (including phenoxy) is 1. The zero-order valence-corrected chi connectivity index (χ0v) is 9.71. The van der Waals surface area contributed by atoms with Crippen molar-refractivity contribution in [1.29, 1.82) is 0 Å². The van der Waals surface area contributed by atoms with E-state index in [2.05, 4.69) is 6.92 Å². The van der Waals surface area contributed by atoms with Crippen molar-refractivity contribution in [3.63, 3.8) is 0 Å². The molecule has 0 aromatic carbocycles. The zero-order chi connectivity index (χ0) is 10.7. The molecule has 0 radical (unpaired) electrons. The Morgan fingerprint density at radius 2 is 1.87 bits per heavy atom. The summed E-state index contributed by atoms with van der Waals surface area (Å²) in [5, 5.41) is 0. The summed E-state index contributed by atoms with van der Waals surface area (Å²) in [5.74, 6) is 1.98. The summed E-state index contributed by atoms with van der Waals surface area (Å²) >= 11 is 0. The van der Waals surface area contributed by atoms with E-state index in [9.17, 15) is 4.79 Å². The number of carbonyl (C=O) groups is 1. The van der Waals surface area contributed by atoms with Gasteiger partial charge in [0, 0.05) is 18.4 Å². The first-order valence-electron chi connectivity index (χ1n) is 6.42. The molecule has 15 heavy (non-hydrogen) atoms. The number of ketones is 1. The normalized spacial score (nSPS) is 36.7. The number of Topliss-reactive ketones (excluding diaryl/α,β-unsaturated/α-hetero) is 1. The molecule has 2 nitrogen and oxygen atoms in total. The largest absolute Gasteiger partial charge is 0.381 e. The van der Waals surface area contributed by atoms with Gasteiger partial charge in [0.25, 0.3) is 0 Å². The molecule has 2 aliphatic rings. The van der Waals surface area contributed by atoms with Crippen molar-refractivity contribution in [3.05, 3.63) is 0 Å². The Bertz CT molecular complexity index is 211. The molecule has 0 N–H and O–H groups in total. The monoisotopic (exact) mass is 210 g/mol. The van der Waals surface area contributed by atoms with Gasteiger partial charge >= 0.3 is 0 Å². The van der Waals surface area contributed by atoms with Gasteiger partial charge in [-0.3, -0.25) is 4.79 Å². The highest BCUT2D eigenvalue weighted by molar-refractivity contribution is 5.83. The van der Waals surface area contributed by atoms with Gasteiger partial charge in [-0.1, -0.05) is 13.3 Å². The SMILES string of the molecule is CCC1CCC(C(=O)C2CCOC2)CC1. The number of rotatable bonds is 3. The van der Waals surface area contributed by atoms with E-state index in [1.807, 2.05) is 0 Å². The first-order valence-corrected chi connectivity index (χ1v) is 6.42. The lowest BCUT2D eigenvalue weighted by molar-refractivity contribution is -0.128. The molecule has 1 saturated carbocycles. The molecule has 1 aliphatic heterocycles. The summed E-state index contributed by atoms with van der Waals surface area (Å²) in [5.41, 5.74) is 0. The van der Waals surface area contributed by atoms with Crippen LogP contribution in [-0.4, -0.2) is 19.0 Å². The van der Waals surface area contributed by atoms with Crippen LogP contribution in [0.5, 0.6) is 0 Å². The lowest BCUT2D eigenvalue weighted by Crippen LogP contribution is -2.27. The molecule has 0 spiro atoms. The third-order valence-electron chi connectivity index (χ3n) is 4.16. The molecule has 1 saturated heterocycles. The standard InChI is InChI=1S/C13H22O2/c1-2-10-3-5-11(6-4-10)13(14)12-7-8-15-9-12/h10-12H,2-9H2,1H3. The van der Waals surface area contributed by atoms with Crippen LogP contribution in [0, 0.1) is 17.8 Å². The van der Waals surface area contributed by atoms with Gasteiger partial charge in [0.1, 0.15) is 5.78 Å². The lowest BCUT2D eigenvalue weighted by Gasteiger charge is -2.28. The van der Waals surface area contributed by atoms with Gasteiger partial charge in [0.05, 0.1) is 6.61 Å². The van der Waals surface area contributed by atoms with Crippen molar-refractivity contribution in [2.24, 2.45) is 17.8 Å². The van der Waals surface area contributed by atoms with Crippen molar-refractivity contribution in [2.75, 3.05) is 13.2 Å². The molecule has 1 aliphatic carbocycles. The van der Waals surface area contributed by atoms with Gasteiger partial charge in [-0.05, 0) is 38.0 Å². The average Bonchev–Trinajstić information content (AvgIpc) is 2.82. The third-order valence-corrected chi connectivity index (χ3v) is 4.16. The van der Waals surface area contributed by atoms with Crippen LogP contribution < -0.4 is 0 Å². The Morgan fingerprint density at radius 3 is 2.40 bits per heavy atom. The second kappa shape index (κ2) is 5.11. The molecule has 0 aromatic rings. The van der Waals surface area contributed by atoms with Gasteiger partial charge in [0.15, 0.2) is 0 Å². The van der Waals surface area contributed by atoms with E-state index in [-0.39, 0.29) is 5.92 Å². The number of hydrogen-bond acceptors (Lipinski definition) is 2. The summed E-state index contributed by atoms with van der Waals surface area (Å²) in [4.78, 5) is 12.1. The maximum absolute atomic E-state index is 12.1. The molecule has 86 valence electrons. The molecule has 1 heterocycles. The Morgan fingerprint density at radius 1 is 1.13 bits per heavy atom. The molecule has 1 atom stereocenters. The average molecular weight is 210 g/mol. The highest BCUT2D eigenvalue weighted by atomic mass is 16.5. The minimum absolute atomic E-state index is 0.230. The fraction of sp³-hybridized carbons (Fsp3) is 0.923. The maximum Gasteiger partial charge on any atom is 0.141 e. The minimum Gasteiger partial charge on any atom is -0.381 e. The molecular formula is C13H22O2. The molecule has 0 bridgehead atoms. The second-order valence-corrected chi connectivity index (χ2v) is 5.09. The molecule has 0 amide bonds. The Hall–Kier alpha value is -0.370. The van der Waals surface area contributed by atoms with Gasteiger partial charge in [-0.15, -0.1) is 0 Å². The van der Waals surface area contributed by atoms with Gasteiger partial charge in [0.2, 0.25) is 0 Å². The lowest BCUT2D eigenvalue weighted by atomic mass is 9.76. The van der Waals surface area contributed by atoms with E-state index < -0.39 is 0 Å². The zero-order valence-electron chi connectivity index (χ0n) is 9.71. The van der Waals surface area contributed by atoms with Crippen LogP contribution in [0.4, 0.5) is 0 Å². The van der Waals surface area contributed by atoms with Crippen LogP contribution in [0.25, 0.3) is 0 Å². The smallest absolute Gasteiger partial charge is 0.141 e. The van der Waals surface area contributed by atoms with E-state index in [0.29, 0.717) is 18.3 Å². The number of carbonyl (C=O) groups excluding carboxylic acids is 1. The van der Waals surface area contributed by atoms with E-state index in [4.69, 9.17) is 4.74 Å². The quantitative estimate of drug-likeness (QED) is 0.716. The van der Waals surface area contributed by atoms with Gasteiger partial charge < -0.3 is 4.74 Å². The highest BCUT2D eigenvalue weighted by Crippen LogP contribution is 2.33. The summed E-state index contributed by atoms with van der Waals surface area (Å²) in [6, 6.07) is 0. The topological polar surface area (TPSA) is 26.3 Å². The molecule has 2 rings (SSSR count). The third kappa shape index (κ3) is 2.60. The van der Waals surface area contributed by atoms with Crippen molar-refractivity contribution in [1.82, 2.24) is 0 Å². The minimum atomic E-state index is 0.230. The molecular weight excluding hydrogens is 188 g/mol. The van der Waals surface area contributed by atoms with Crippen LogP contribution in [-0.2, 0) is 9.53 Å². The van der Waals surface area contributed by atoms with Crippen LogP contribution in [0.3, 0.4) is 0 Å². The van der Waals surface area contributed by atoms with E-state index in [0.717, 1.165) is 31.8 Å². The van der Waals surface area contributed by atoms with Crippen LogP contribution in [0.1, 0.15) is 45.4 Å². The predicted octanol–water partition coefficient (Wildman–Crippen LogP) is 2.81. The molecule has 0 aromatic heterocycles. The summed E-state index contributed by atoms with van der Waals surface area (Å²) in [6.07, 6.45) is 7.04. The van der Waals surface area contributed by atoms with Crippen LogP contribution in [0.2, 0.25) is 0 Å². The van der Waals surface area contributed by atoms with Gasteiger partial charge in [-0.2, -0.15) is 0 Å². The fourth-order valence-electron chi connectivity index (χ4n) is 2.95. The van der Waals surface area contributed by atoms with Crippen LogP contribution >= 0.6 is 0 Å². The first-order chi connectivity index (χ1) is 7.31. The summed E-state index contributed by atoms with van der Waals surface area (Å²) < 4.78 is 5.29. The number of hydrogen-bond donors (Lipinski definition) is 0. The Labute approximate surface area is 92.4 Å². The van der Waals surface area contributed by atoms with E-state index in [1.54, 1.807) is 0 Å². The van der Waals surface area contributed by atoms with Gasteiger partial charge in [-0.25, -0.2) is 0 Å². The Balaban J connectivity index is 1.81. The van der Waals surface area contributed by atoms with E-state index in [1.165, 1.54) is 19.3 Å². The molecule has 2 fully saturated rings. The van der Waals surface area contributed by atoms with Crippen LogP contribution in [0.15, 0.2) is 0 Å². The Kier molecular flexibility index (Phi) is 3.79. The summed E-state index contributed by atoms with van der Waals surface area (Å²) in [7, 11) is 0. The summed E-state index contributed by atoms with van der Waals surface area (Å²) in [6.45, 7) is 3.74. The van der Waals surface area contributed by atoms with Crippen molar-refractivity contribution in [2.45, 2.75) is 45.4 Å². The maximum atomic E-state index is 12.1. The first kappa shape index (κ1) is 11.1. The predicted molar refractivity (Wildman–Crippen MR) is 59.7 cm³/mol. The second-order valence-electron chi connectivity index (χ2n) is 5.09. The molecule has 1 unspecified atom stereocenters. The van der Waals surface area contributed by atoms with Crippen molar-refractivity contribution >= 4 is 5.78 Å². The fourth-order valence-corrected chi connectivity index (χ4v) is 2.95. The molecule has 2 heteroatoms.